The zero-order valence-electron chi connectivity index (χ0n) is 13.9. The smallest absolute Gasteiger partial charge is 0.460 e. The van der Waals surface area contributed by atoms with Gasteiger partial charge in [-0.3, -0.25) is 4.79 Å². The van der Waals surface area contributed by atoms with Gasteiger partial charge in [-0.2, -0.15) is 43.8 Å². The van der Waals surface area contributed by atoms with Gasteiger partial charge in [0.25, 0.3) is 10.0 Å². The van der Waals surface area contributed by atoms with E-state index in [1.54, 1.807) is 0 Å². The first-order chi connectivity index (χ1) is 11.9. The fourth-order valence-corrected chi connectivity index (χ4v) is 3.36. The second kappa shape index (κ2) is 8.41. The highest BCUT2D eigenvalue weighted by Crippen LogP contribution is 2.55. The third-order valence-corrected chi connectivity index (χ3v) is 5.22. The molecule has 0 aromatic heterocycles. The Balaban J connectivity index is 5.91. The summed E-state index contributed by atoms with van der Waals surface area (Å²) in [6.07, 6.45) is -8.44. The molecule has 27 heavy (non-hydrogen) atoms. The molecule has 5 nitrogen and oxygen atoms in total. The molecule has 0 amide bonds. The summed E-state index contributed by atoms with van der Waals surface area (Å²) in [6.45, 7) is -0.676. The molecule has 0 aromatic carbocycles. The number of sulfonamides is 1. The lowest BCUT2D eigenvalue weighted by Crippen LogP contribution is -2.65. The van der Waals surface area contributed by atoms with Crippen molar-refractivity contribution in [3.63, 3.8) is 0 Å². The lowest BCUT2D eigenvalue weighted by molar-refractivity contribution is -0.382. The van der Waals surface area contributed by atoms with Crippen molar-refractivity contribution in [1.29, 1.82) is 0 Å². The van der Waals surface area contributed by atoms with E-state index < -0.39 is 65.2 Å². The predicted octanol–water partition coefficient (Wildman–Crippen LogP) is 3.41. The number of hydrogen-bond acceptors (Lipinski definition) is 4. The standard InChI is InChI=1S/C12H16F9NO4S/c1-3-6-22(7-4-5-8(23)26-2)27(24,25)12(20,21)10(15,16)9(13,14)11(17,18)19/h3-7H2,1-2H3. The Hall–Kier alpha value is -1.25. The van der Waals surface area contributed by atoms with Crippen LogP contribution in [0.1, 0.15) is 26.2 Å². The van der Waals surface area contributed by atoms with E-state index in [0.29, 0.717) is 0 Å². The molecule has 0 heterocycles. The minimum atomic E-state index is -7.32. The Morgan fingerprint density at radius 3 is 1.78 bits per heavy atom. The number of methoxy groups -OCH3 is 1. The monoisotopic (exact) mass is 441 g/mol. The van der Waals surface area contributed by atoms with E-state index in [9.17, 15) is 52.7 Å². The summed E-state index contributed by atoms with van der Waals surface area (Å²) in [5, 5.41) is -6.78. The van der Waals surface area contributed by atoms with Crippen molar-refractivity contribution in [3.8, 4) is 0 Å². The maximum absolute atomic E-state index is 13.8. The van der Waals surface area contributed by atoms with Gasteiger partial charge in [0.05, 0.1) is 7.11 Å². The third-order valence-electron chi connectivity index (χ3n) is 3.27. The van der Waals surface area contributed by atoms with Gasteiger partial charge in [-0.25, -0.2) is 8.42 Å². The molecule has 0 aliphatic carbocycles. The number of hydrogen-bond donors (Lipinski definition) is 0. The van der Waals surface area contributed by atoms with Gasteiger partial charge >= 0.3 is 29.2 Å². The number of alkyl halides is 9. The number of ether oxygens (including phenoxy) is 1. The van der Waals surface area contributed by atoms with Crippen molar-refractivity contribution in [2.24, 2.45) is 0 Å². The molecule has 0 spiro atoms. The van der Waals surface area contributed by atoms with Gasteiger partial charge < -0.3 is 4.74 Å². The average Bonchev–Trinajstić information content (AvgIpc) is 2.51. The van der Waals surface area contributed by atoms with Crippen molar-refractivity contribution in [3.05, 3.63) is 0 Å². The molecule has 15 heteroatoms. The van der Waals surface area contributed by atoms with Gasteiger partial charge in [-0.15, -0.1) is 0 Å². The lowest BCUT2D eigenvalue weighted by Gasteiger charge is -2.35. The topological polar surface area (TPSA) is 63.7 Å². The third kappa shape index (κ3) is 4.78. The molecule has 0 aromatic rings. The van der Waals surface area contributed by atoms with Crippen LogP contribution in [0.2, 0.25) is 0 Å². The highest BCUT2D eigenvalue weighted by molar-refractivity contribution is 7.90. The van der Waals surface area contributed by atoms with E-state index in [2.05, 4.69) is 4.74 Å². The van der Waals surface area contributed by atoms with Gasteiger partial charge in [-0.1, -0.05) is 6.92 Å². The van der Waals surface area contributed by atoms with E-state index in [-0.39, 0.29) is 10.7 Å². The SMILES string of the molecule is CCCN(CCCC(=O)OC)S(=O)(=O)C(F)(F)C(F)(F)C(F)(F)C(F)(F)F. The van der Waals surface area contributed by atoms with Crippen molar-refractivity contribution < 1.29 is 57.5 Å². The molecule has 0 saturated heterocycles. The normalized spacial score (nSPS) is 14.5. The highest BCUT2D eigenvalue weighted by Gasteiger charge is 2.85. The summed E-state index contributed by atoms with van der Waals surface area (Å²) in [5.74, 6) is -15.5. The summed E-state index contributed by atoms with van der Waals surface area (Å²) in [7, 11) is -5.71. The zero-order valence-corrected chi connectivity index (χ0v) is 14.7. The first-order valence-electron chi connectivity index (χ1n) is 7.18. The number of rotatable bonds is 10. The molecule has 0 rings (SSSR count). The van der Waals surface area contributed by atoms with Gasteiger partial charge in [0.2, 0.25) is 0 Å². The first-order valence-corrected chi connectivity index (χ1v) is 8.62. The molecule has 0 atom stereocenters. The highest BCUT2D eigenvalue weighted by atomic mass is 32.2. The lowest BCUT2D eigenvalue weighted by atomic mass is 10.1. The Labute approximate surface area is 148 Å². The molecular weight excluding hydrogens is 425 g/mol. The Bertz CT molecular complexity index is 619. The second-order valence-electron chi connectivity index (χ2n) is 5.25. The van der Waals surface area contributed by atoms with Crippen LogP contribution in [-0.4, -0.2) is 62.2 Å². The molecule has 0 aliphatic heterocycles. The fourth-order valence-electron chi connectivity index (χ4n) is 1.79. The van der Waals surface area contributed by atoms with Crippen LogP contribution in [0.5, 0.6) is 0 Å². The average molecular weight is 441 g/mol. The summed E-state index contributed by atoms with van der Waals surface area (Å²) in [4.78, 5) is 10.9. The maximum Gasteiger partial charge on any atom is 0.460 e. The first kappa shape index (κ1) is 25.8. The van der Waals surface area contributed by atoms with Gasteiger partial charge in [-0.05, 0) is 12.8 Å². The summed E-state index contributed by atoms with van der Waals surface area (Å²) >= 11 is 0. The molecule has 0 saturated carbocycles. The van der Waals surface area contributed by atoms with Crippen LogP contribution in [0.15, 0.2) is 0 Å². The molecule has 0 aliphatic rings. The molecule has 0 radical (unpaired) electrons. The number of carbonyl (C=O) groups excluding carboxylic acids is 1. The van der Waals surface area contributed by atoms with Gasteiger partial charge in [0.1, 0.15) is 0 Å². The number of carbonyl (C=O) groups is 1. The van der Waals surface area contributed by atoms with Crippen LogP contribution in [0.3, 0.4) is 0 Å². The van der Waals surface area contributed by atoms with Crippen LogP contribution in [-0.2, 0) is 19.6 Å². The Morgan fingerprint density at radius 2 is 1.41 bits per heavy atom. The largest absolute Gasteiger partial charge is 0.469 e. The van der Waals surface area contributed by atoms with Crippen molar-refractivity contribution in [2.75, 3.05) is 20.2 Å². The van der Waals surface area contributed by atoms with Crippen molar-refractivity contribution in [2.45, 2.75) is 49.5 Å². The molecule has 0 N–H and O–H groups in total. The zero-order chi connectivity index (χ0) is 21.9. The quantitative estimate of drug-likeness (QED) is 0.385. The Morgan fingerprint density at radius 1 is 0.926 bits per heavy atom. The Kier molecular flexibility index (Phi) is 8.02. The maximum atomic E-state index is 13.8. The summed E-state index contributed by atoms with van der Waals surface area (Å²) < 4.78 is 144. The summed E-state index contributed by atoms with van der Waals surface area (Å²) in [6, 6.07) is 0. The van der Waals surface area contributed by atoms with Crippen molar-refractivity contribution in [1.82, 2.24) is 4.31 Å². The minimum Gasteiger partial charge on any atom is -0.469 e. The number of esters is 1. The van der Waals surface area contributed by atoms with Crippen LogP contribution < -0.4 is 0 Å². The van der Waals surface area contributed by atoms with E-state index >= 15 is 0 Å². The van der Waals surface area contributed by atoms with E-state index in [0.717, 1.165) is 7.11 Å². The van der Waals surface area contributed by atoms with Gasteiger partial charge in [0.15, 0.2) is 0 Å². The molecule has 0 fully saturated rings. The van der Waals surface area contributed by atoms with Crippen LogP contribution in [0, 0.1) is 0 Å². The fraction of sp³-hybridized carbons (Fsp3) is 0.917. The number of nitrogens with zero attached hydrogens (tertiary/aromatic N) is 1. The molecule has 0 bridgehead atoms. The van der Waals surface area contributed by atoms with Crippen LogP contribution in [0.4, 0.5) is 39.5 Å². The molecule has 0 unspecified atom stereocenters. The van der Waals surface area contributed by atoms with Crippen molar-refractivity contribution >= 4 is 16.0 Å². The van der Waals surface area contributed by atoms with Gasteiger partial charge in [0, 0.05) is 19.5 Å². The summed E-state index contributed by atoms with van der Waals surface area (Å²) in [5.41, 5.74) is 0. The van der Waals surface area contributed by atoms with Crippen LogP contribution >= 0.6 is 0 Å². The van der Waals surface area contributed by atoms with E-state index in [1.165, 1.54) is 6.92 Å². The molecule has 162 valence electrons. The minimum absolute atomic E-state index is 0.255. The molecular formula is C12H16F9NO4S. The van der Waals surface area contributed by atoms with E-state index in [1.807, 2.05) is 0 Å². The predicted molar refractivity (Wildman–Crippen MR) is 72.9 cm³/mol. The van der Waals surface area contributed by atoms with E-state index in [4.69, 9.17) is 0 Å². The second-order valence-corrected chi connectivity index (χ2v) is 7.23. The van der Waals surface area contributed by atoms with Crippen LogP contribution in [0.25, 0.3) is 0 Å². The number of halogens is 9.